The predicted octanol–water partition coefficient (Wildman–Crippen LogP) is 2.80. The van der Waals surface area contributed by atoms with E-state index in [9.17, 15) is 4.79 Å². The molecule has 1 atom stereocenters. The zero-order valence-corrected chi connectivity index (χ0v) is 13.2. The summed E-state index contributed by atoms with van der Waals surface area (Å²) >= 11 is 0. The highest BCUT2D eigenvalue weighted by Gasteiger charge is 2.15. The molecule has 6 nitrogen and oxygen atoms in total. The number of hydrogen-bond acceptors (Lipinski definition) is 5. The predicted molar refractivity (Wildman–Crippen MR) is 90.8 cm³/mol. The lowest BCUT2D eigenvalue weighted by Crippen LogP contribution is -2.19. The van der Waals surface area contributed by atoms with Gasteiger partial charge in [-0.2, -0.15) is 5.26 Å². The normalized spacial score (nSPS) is 16.4. The molecule has 1 aromatic heterocycles. The van der Waals surface area contributed by atoms with Gasteiger partial charge in [-0.25, -0.2) is 0 Å². The van der Waals surface area contributed by atoms with Crippen LogP contribution >= 0.6 is 0 Å². The van der Waals surface area contributed by atoms with Crippen molar-refractivity contribution < 1.29 is 9.53 Å². The maximum atomic E-state index is 12.3. The van der Waals surface area contributed by atoms with Gasteiger partial charge in [-0.1, -0.05) is 0 Å². The molecule has 0 bridgehead atoms. The first-order valence-corrected chi connectivity index (χ1v) is 7.87. The number of carbonyl (C=O) groups is 1. The fourth-order valence-electron chi connectivity index (χ4n) is 2.52. The van der Waals surface area contributed by atoms with Crippen molar-refractivity contribution in [2.24, 2.45) is 0 Å². The first-order chi connectivity index (χ1) is 11.7. The summed E-state index contributed by atoms with van der Waals surface area (Å²) in [5.74, 6) is -0.291. The molecular formula is C18H18N4O2. The highest BCUT2D eigenvalue weighted by molar-refractivity contribution is 6.03. The number of carbonyl (C=O) groups excluding carboxylic acids is 1. The van der Waals surface area contributed by atoms with Gasteiger partial charge < -0.3 is 15.4 Å². The van der Waals surface area contributed by atoms with Crippen LogP contribution in [0, 0.1) is 11.3 Å². The van der Waals surface area contributed by atoms with Crippen molar-refractivity contribution in [3.05, 3.63) is 53.9 Å². The van der Waals surface area contributed by atoms with Crippen LogP contribution < -0.4 is 10.6 Å². The minimum atomic E-state index is -0.291. The van der Waals surface area contributed by atoms with Gasteiger partial charge in [0, 0.05) is 30.7 Å². The average molecular weight is 322 g/mol. The highest BCUT2D eigenvalue weighted by Crippen LogP contribution is 2.15. The fourth-order valence-corrected chi connectivity index (χ4v) is 2.52. The fraction of sp³-hybridized carbons (Fsp3) is 0.278. The standard InChI is InChI=1S/C18H18N4O2/c19-11-13-3-5-14(6-4-13)22-18(23)17-10-15(7-8-20-17)21-12-16-2-1-9-24-16/h3-8,10,16H,1-2,9,12H2,(H,20,21)(H,22,23). The minimum Gasteiger partial charge on any atom is -0.382 e. The van der Waals surface area contributed by atoms with E-state index >= 15 is 0 Å². The highest BCUT2D eigenvalue weighted by atomic mass is 16.5. The van der Waals surface area contributed by atoms with Crippen LogP contribution in [0.2, 0.25) is 0 Å². The third-order valence-corrected chi connectivity index (χ3v) is 3.82. The van der Waals surface area contributed by atoms with Gasteiger partial charge in [0.2, 0.25) is 0 Å². The van der Waals surface area contributed by atoms with Gasteiger partial charge in [-0.05, 0) is 49.2 Å². The quantitative estimate of drug-likeness (QED) is 0.884. The van der Waals surface area contributed by atoms with Gasteiger partial charge in [0.25, 0.3) is 5.91 Å². The van der Waals surface area contributed by atoms with Crippen molar-refractivity contribution in [1.29, 1.82) is 5.26 Å². The molecule has 3 rings (SSSR count). The Bertz CT molecular complexity index is 746. The summed E-state index contributed by atoms with van der Waals surface area (Å²) in [7, 11) is 0. The van der Waals surface area contributed by atoms with E-state index in [1.807, 2.05) is 12.1 Å². The smallest absolute Gasteiger partial charge is 0.274 e. The third-order valence-electron chi connectivity index (χ3n) is 3.82. The summed E-state index contributed by atoms with van der Waals surface area (Å²) in [4.78, 5) is 16.4. The van der Waals surface area contributed by atoms with Gasteiger partial charge in [-0.15, -0.1) is 0 Å². The average Bonchev–Trinajstić information content (AvgIpc) is 3.14. The van der Waals surface area contributed by atoms with E-state index in [0.29, 0.717) is 16.9 Å². The first-order valence-electron chi connectivity index (χ1n) is 7.87. The number of hydrogen-bond donors (Lipinski definition) is 2. The zero-order valence-electron chi connectivity index (χ0n) is 13.2. The molecule has 1 saturated heterocycles. The number of amides is 1. The zero-order chi connectivity index (χ0) is 16.8. The Morgan fingerprint density at radius 2 is 2.12 bits per heavy atom. The number of nitrogens with one attached hydrogen (secondary N) is 2. The first kappa shape index (κ1) is 16.0. The summed E-state index contributed by atoms with van der Waals surface area (Å²) in [6.45, 7) is 1.54. The van der Waals surface area contributed by atoms with E-state index in [1.54, 1.807) is 36.5 Å². The Balaban J connectivity index is 1.61. The SMILES string of the molecule is N#Cc1ccc(NC(=O)c2cc(NCC3CCCO3)ccn2)cc1. The van der Waals surface area contributed by atoms with E-state index in [4.69, 9.17) is 10.00 Å². The van der Waals surface area contributed by atoms with Crippen LogP contribution in [0.25, 0.3) is 0 Å². The van der Waals surface area contributed by atoms with Crippen molar-refractivity contribution in [2.75, 3.05) is 23.8 Å². The van der Waals surface area contributed by atoms with E-state index in [2.05, 4.69) is 15.6 Å². The molecule has 1 aromatic carbocycles. The number of rotatable bonds is 5. The van der Waals surface area contributed by atoms with Crippen molar-refractivity contribution in [1.82, 2.24) is 4.98 Å². The molecule has 2 aromatic rings. The van der Waals surface area contributed by atoms with Gasteiger partial charge >= 0.3 is 0 Å². The Kier molecular flexibility index (Phi) is 5.04. The van der Waals surface area contributed by atoms with Crippen LogP contribution in [0.3, 0.4) is 0 Å². The van der Waals surface area contributed by atoms with Crippen LogP contribution in [-0.4, -0.2) is 30.1 Å². The number of aromatic nitrogens is 1. The van der Waals surface area contributed by atoms with Crippen LogP contribution in [0.4, 0.5) is 11.4 Å². The van der Waals surface area contributed by atoms with E-state index in [1.165, 1.54) is 0 Å². The Hall–Kier alpha value is -2.91. The van der Waals surface area contributed by atoms with Crippen molar-refractivity contribution in [3.8, 4) is 6.07 Å². The summed E-state index contributed by atoms with van der Waals surface area (Å²) in [6, 6.07) is 12.3. The molecule has 0 radical (unpaired) electrons. The molecule has 1 fully saturated rings. The summed E-state index contributed by atoms with van der Waals surface area (Å²) < 4.78 is 5.57. The number of nitrogens with zero attached hydrogens (tertiary/aromatic N) is 2. The lowest BCUT2D eigenvalue weighted by atomic mass is 10.2. The van der Waals surface area contributed by atoms with Gasteiger partial charge in [0.1, 0.15) is 5.69 Å². The molecule has 2 N–H and O–H groups in total. The molecule has 2 heterocycles. The topological polar surface area (TPSA) is 87.0 Å². The van der Waals surface area contributed by atoms with E-state index < -0.39 is 0 Å². The lowest BCUT2D eigenvalue weighted by molar-refractivity contribution is 0.102. The van der Waals surface area contributed by atoms with Crippen molar-refractivity contribution >= 4 is 17.3 Å². The number of ether oxygens (including phenoxy) is 1. The molecule has 0 saturated carbocycles. The van der Waals surface area contributed by atoms with E-state index in [0.717, 1.165) is 31.7 Å². The minimum absolute atomic E-state index is 0.231. The largest absolute Gasteiger partial charge is 0.382 e. The summed E-state index contributed by atoms with van der Waals surface area (Å²) in [6.07, 6.45) is 3.99. The maximum absolute atomic E-state index is 12.3. The number of pyridine rings is 1. The molecule has 1 amide bonds. The number of nitriles is 1. The Morgan fingerprint density at radius 3 is 2.83 bits per heavy atom. The Morgan fingerprint density at radius 1 is 1.29 bits per heavy atom. The van der Waals surface area contributed by atoms with Crippen LogP contribution in [0.5, 0.6) is 0 Å². The van der Waals surface area contributed by atoms with Gasteiger partial charge in [-0.3, -0.25) is 9.78 Å². The van der Waals surface area contributed by atoms with Gasteiger partial charge in [0.15, 0.2) is 0 Å². The third kappa shape index (κ3) is 4.09. The summed E-state index contributed by atoms with van der Waals surface area (Å²) in [5.41, 5.74) is 2.34. The van der Waals surface area contributed by atoms with Crippen molar-refractivity contribution in [2.45, 2.75) is 18.9 Å². The maximum Gasteiger partial charge on any atom is 0.274 e. The molecule has 6 heteroatoms. The Labute approximate surface area is 140 Å². The second kappa shape index (κ2) is 7.57. The molecule has 122 valence electrons. The number of benzene rings is 1. The second-order valence-corrected chi connectivity index (χ2v) is 5.59. The molecule has 0 spiro atoms. The molecule has 0 aliphatic carbocycles. The van der Waals surface area contributed by atoms with Crippen molar-refractivity contribution in [3.63, 3.8) is 0 Å². The molecule has 1 unspecified atom stereocenters. The molecule has 24 heavy (non-hydrogen) atoms. The van der Waals surface area contributed by atoms with Gasteiger partial charge in [0.05, 0.1) is 17.7 Å². The molecular weight excluding hydrogens is 304 g/mol. The lowest BCUT2D eigenvalue weighted by Gasteiger charge is -2.12. The monoisotopic (exact) mass is 322 g/mol. The summed E-state index contributed by atoms with van der Waals surface area (Å²) in [5, 5.41) is 14.8. The van der Waals surface area contributed by atoms with Crippen LogP contribution in [0.15, 0.2) is 42.6 Å². The van der Waals surface area contributed by atoms with Crippen LogP contribution in [0.1, 0.15) is 28.9 Å². The second-order valence-electron chi connectivity index (χ2n) is 5.59. The van der Waals surface area contributed by atoms with E-state index in [-0.39, 0.29) is 12.0 Å². The number of anilines is 2. The van der Waals surface area contributed by atoms with Crippen LogP contribution in [-0.2, 0) is 4.74 Å². The molecule has 1 aliphatic heterocycles. The molecule has 1 aliphatic rings.